The van der Waals surface area contributed by atoms with E-state index in [2.05, 4.69) is 22.4 Å². The molecule has 3 heteroatoms. The first kappa shape index (κ1) is 7.38. The molecule has 0 aromatic rings. The predicted octanol–water partition coefficient (Wildman–Crippen LogP) is 0.981. The SMILES string of the molecule is CCCCC1NN=CN1C. The fourth-order valence-corrected chi connectivity index (χ4v) is 1.05. The summed E-state index contributed by atoms with van der Waals surface area (Å²) in [5.41, 5.74) is 3.04. The lowest BCUT2D eigenvalue weighted by molar-refractivity contribution is 0.326. The van der Waals surface area contributed by atoms with Gasteiger partial charge in [0.15, 0.2) is 0 Å². The second-order valence-electron chi connectivity index (χ2n) is 2.70. The second kappa shape index (κ2) is 3.44. The van der Waals surface area contributed by atoms with Crippen molar-refractivity contribution in [1.29, 1.82) is 0 Å². The van der Waals surface area contributed by atoms with E-state index in [1.165, 1.54) is 19.3 Å². The van der Waals surface area contributed by atoms with Crippen molar-refractivity contribution in [1.82, 2.24) is 10.3 Å². The van der Waals surface area contributed by atoms with Gasteiger partial charge in [0.05, 0.1) is 0 Å². The highest BCUT2D eigenvalue weighted by atomic mass is 15.5. The van der Waals surface area contributed by atoms with Gasteiger partial charge in [-0.1, -0.05) is 13.3 Å². The lowest BCUT2D eigenvalue weighted by Crippen LogP contribution is -2.33. The van der Waals surface area contributed by atoms with Crippen molar-refractivity contribution >= 4 is 6.34 Å². The van der Waals surface area contributed by atoms with Gasteiger partial charge in [-0.25, -0.2) is 0 Å². The number of hydrogen-bond acceptors (Lipinski definition) is 3. The van der Waals surface area contributed by atoms with Crippen LogP contribution in [-0.4, -0.2) is 24.5 Å². The van der Waals surface area contributed by atoms with Crippen LogP contribution >= 0.6 is 0 Å². The van der Waals surface area contributed by atoms with Gasteiger partial charge in [-0.2, -0.15) is 5.10 Å². The van der Waals surface area contributed by atoms with Crippen LogP contribution in [0.25, 0.3) is 0 Å². The van der Waals surface area contributed by atoms with Gasteiger partial charge in [-0.3, -0.25) is 5.43 Å². The van der Waals surface area contributed by atoms with Gasteiger partial charge in [0, 0.05) is 7.05 Å². The molecule has 0 radical (unpaired) electrons. The van der Waals surface area contributed by atoms with Crippen LogP contribution in [0.1, 0.15) is 26.2 Å². The second-order valence-corrected chi connectivity index (χ2v) is 2.70. The van der Waals surface area contributed by atoms with Gasteiger partial charge in [-0.15, -0.1) is 0 Å². The molecule has 0 amide bonds. The predicted molar refractivity (Wildman–Crippen MR) is 42.7 cm³/mol. The van der Waals surface area contributed by atoms with Crippen LogP contribution in [0.4, 0.5) is 0 Å². The topological polar surface area (TPSA) is 27.6 Å². The van der Waals surface area contributed by atoms with Crippen LogP contribution in [0.2, 0.25) is 0 Å². The number of rotatable bonds is 3. The molecule has 1 aliphatic heterocycles. The average Bonchev–Trinajstić information content (AvgIpc) is 2.31. The van der Waals surface area contributed by atoms with E-state index in [9.17, 15) is 0 Å². The summed E-state index contributed by atoms with van der Waals surface area (Å²) in [5, 5.41) is 3.95. The molecule has 58 valence electrons. The number of hydrogen-bond donors (Lipinski definition) is 1. The molecule has 1 unspecified atom stereocenters. The Balaban J connectivity index is 2.17. The number of nitrogens with one attached hydrogen (secondary N) is 1. The minimum Gasteiger partial charge on any atom is -0.343 e. The van der Waals surface area contributed by atoms with Gasteiger partial charge in [0.1, 0.15) is 12.5 Å². The summed E-state index contributed by atoms with van der Waals surface area (Å²) in [6, 6.07) is 0. The molecule has 0 saturated carbocycles. The lowest BCUT2D eigenvalue weighted by atomic mass is 10.2. The summed E-state index contributed by atoms with van der Waals surface area (Å²) in [6.45, 7) is 2.20. The highest BCUT2D eigenvalue weighted by Gasteiger charge is 2.13. The minimum absolute atomic E-state index is 0.444. The van der Waals surface area contributed by atoms with Crippen molar-refractivity contribution in [3.05, 3.63) is 0 Å². The van der Waals surface area contributed by atoms with Gasteiger partial charge < -0.3 is 4.90 Å². The van der Waals surface area contributed by atoms with Crippen LogP contribution < -0.4 is 5.43 Å². The largest absolute Gasteiger partial charge is 0.343 e. The molecular weight excluding hydrogens is 126 g/mol. The first-order chi connectivity index (χ1) is 4.84. The third kappa shape index (κ3) is 1.62. The van der Waals surface area contributed by atoms with E-state index in [-0.39, 0.29) is 0 Å². The molecule has 0 aromatic carbocycles. The van der Waals surface area contributed by atoms with Gasteiger partial charge in [0.25, 0.3) is 0 Å². The summed E-state index contributed by atoms with van der Waals surface area (Å²) in [7, 11) is 2.05. The summed E-state index contributed by atoms with van der Waals surface area (Å²) < 4.78 is 0. The molecule has 10 heavy (non-hydrogen) atoms. The van der Waals surface area contributed by atoms with E-state index in [0.717, 1.165) is 0 Å². The van der Waals surface area contributed by atoms with E-state index in [1.807, 2.05) is 13.4 Å². The van der Waals surface area contributed by atoms with Crippen LogP contribution in [0.3, 0.4) is 0 Å². The fourth-order valence-electron chi connectivity index (χ4n) is 1.05. The quantitative estimate of drug-likeness (QED) is 0.634. The molecule has 0 fully saturated rings. The summed E-state index contributed by atoms with van der Waals surface area (Å²) >= 11 is 0. The highest BCUT2D eigenvalue weighted by molar-refractivity contribution is 5.56. The Morgan fingerprint density at radius 1 is 1.70 bits per heavy atom. The van der Waals surface area contributed by atoms with Crippen molar-refractivity contribution in [2.45, 2.75) is 32.4 Å². The first-order valence-corrected chi connectivity index (χ1v) is 3.85. The van der Waals surface area contributed by atoms with E-state index in [4.69, 9.17) is 0 Å². The molecular formula is C7H15N3. The normalized spacial score (nSPS) is 23.4. The third-order valence-electron chi connectivity index (χ3n) is 1.79. The van der Waals surface area contributed by atoms with Gasteiger partial charge >= 0.3 is 0 Å². The Kier molecular flexibility index (Phi) is 2.54. The Morgan fingerprint density at radius 3 is 3.00 bits per heavy atom. The third-order valence-corrected chi connectivity index (χ3v) is 1.79. The molecule has 1 heterocycles. The zero-order valence-corrected chi connectivity index (χ0v) is 6.67. The van der Waals surface area contributed by atoms with E-state index in [1.54, 1.807) is 0 Å². The Hall–Kier alpha value is -0.730. The minimum atomic E-state index is 0.444. The fraction of sp³-hybridized carbons (Fsp3) is 0.857. The summed E-state index contributed by atoms with van der Waals surface area (Å²) in [6.07, 6.45) is 5.99. The highest BCUT2D eigenvalue weighted by Crippen LogP contribution is 2.05. The maximum atomic E-state index is 3.95. The zero-order valence-electron chi connectivity index (χ0n) is 6.67. The number of nitrogens with zero attached hydrogens (tertiary/aromatic N) is 2. The average molecular weight is 141 g/mol. The maximum absolute atomic E-state index is 3.95. The Bertz CT molecular complexity index is 122. The van der Waals surface area contributed by atoms with E-state index < -0.39 is 0 Å². The number of hydrazone groups is 1. The van der Waals surface area contributed by atoms with Crippen LogP contribution in [-0.2, 0) is 0 Å². The molecule has 1 atom stereocenters. The van der Waals surface area contributed by atoms with Crippen molar-refractivity contribution in [2.75, 3.05) is 7.05 Å². The van der Waals surface area contributed by atoms with Crippen molar-refractivity contribution in [3.63, 3.8) is 0 Å². The van der Waals surface area contributed by atoms with E-state index >= 15 is 0 Å². The molecule has 0 bridgehead atoms. The molecule has 3 nitrogen and oxygen atoms in total. The van der Waals surface area contributed by atoms with Crippen LogP contribution in [0.5, 0.6) is 0 Å². The summed E-state index contributed by atoms with van der Waals surface area (Å²) in [4.78, 5) is 2.11. The molecule has 0 saturated heterocycles. The molecule has 1 aliphatic rings. The first-order valence-electron chi connectivity index (χ1n) is 3.85. The van der Waals surface area contributed by atoms with Crippen molar-refractivity contribution in [2.24, 2.45) is 5.10 Å². The Labute approximate surface area is 62.1 Å². The van der Waals surface area contributed by atoms with Crippen molar-refractivity contribution in [3.8, 4) is 0 Å². The monoisotopic (exact) mass is 141 g/mol. The maximum Gasteiger partial charge on any atom is 0.116 e. The molecule has 1 N–H and O–H groups in total. The van der Waals surface area contributed by atoms with E-state index in [0.29, 0.717) is 6.17 Å². The van der Waals surface area contributed by atoms with Crippen molar-refractivity contribution < 1.29 is 0 Å². The van der Waals surface area contributed by atoms with Gasteiger partial charge in [0.2, 0.25) is 0 Å². The standard InChI is InChI=1S/C7H15N3/c1-3-4-5-7-9-8-6-10(7)2/h6-7,9H,3-5H2,1-2H3. The molecule has 0 spiro atoms. The van der Waals surface area contributed by atoms with Gasteiger partial charge in [-0.05, 0) is 12.8 Å². The smallest absolute Gasteiger partial charge is 0.116 e. The molecule has 0 aliphatic carbocycles. The molecule has 1 rings (SSSR count). The van der Waals surface area contributed by atoms with Crippen LogP contribution in [0.15, 0.2) is 5.10 Å². The molecule has 0 aromatic heterocycles. The number of unbranched alkanes of at least 4 members (excludes halogenated alkanes) is 1. The Morgan fingerprint density at radius 2 is 2.50 bits per heavy atom. The van der Waals surface area contributed by atoms with Crippen LogP contribution in [0, 0.1) is 0 Å². The lowest BCUT2D eigenvalue weighted by Gasteiger charge is -2.18. The summed E-state index contributed by atoms with van der Waals surface area (Å²) in [5.74, 6) is 0. The zero-order chi connectivity index (χ0) is 7.40.